The molecule has 0 aromatic heterocycles. The van der Waals surface area contributed by atoms with Crippen LogP contribution < -0.4 is 11.1 Å². The van der Waals surface area contributed by atoms with E-state index < -0.39 is 47.6 Å². The molecule has 0 unspecified atom stereocenters. The van der Waals surface area contributed by atoms with E-state index in [1.165, 1.54) is 24.0 Å². The summed E-state index contributed by atoms with van der Waals surface area (Å²) in [5.74, 6) is -2.37. The summed E-state index contributed by atoms with van der Waals surface area (Å²) in [5.41, 5.74) is 4.94. The number of hydrogen-bond donors (Lipinski definition) is 4. The number of carbonyl (C=O) groups excluding carboxylic acids is 4. The second-order valence-electron chi connectivity index (χ2n) is 9.76. The van der Waals surface area contributed by atoms with Gasteiger partial charge in [0, 0.05) is 23.7 Å². The maximum atomic E-state index is 12.4. The van der Waals surface area contributed by atoms with Crippen molar-refractivity contribution in [3.8, 4) is 0 Å². The molecule has 268 valence electrons. The van der Waals surface area contributed by atoms with E-state index >= 15 is 0 Å². The summed E-state index contributed by atoms with van der Waals surface area (Å²) >= 11 is 4.60. The Kier molecular flexibility index (Phi) is 30.9. The lowest BCUT2D eigenvalue weighted by Gasteiger charge is -2.28. The molecule has 14 nitrogen and oxygen atoms in total. The largest absolute Gasteiger partial charge is 0.480 e. The predicted octanol–water partition coefficient (Wildman–Crippen LogP) is 1.95. The van der Waals surface area contributed by atoms with Crippen LogP contribution in [0.5, 0.6) is 0 Å². The van der Waals surface area contributed by atoms with Crippen molar-refractivity contribution in [1.82, 2.24) is 15.1 Å². The van der Waals surface area contributed by atoms with Crippen molar-refractivity contribution in [3.63, 3.8) is 0 Å². The van der Waals surface area contributed by atoms with Gasteiger partial charge in [-0.1, -0.05) is 0 Å². The van der Waals surface area contributed by atoms with Crippen LogP contribution in [0.3, 0.4) is 0 Å². The van der Waals surface area contributed by atoms with Gasteiger partial charge in [0.15, 0.2) is 0 Å². The van der Waals surface area contributed by atoms with Crippen LogP contribution in [-0.2, 0) is 28.7 Å². The van der Waals surface area contributed by atoms with Crippen molar-refractivity contribution >= 4 is 128 Å². The average Bonchev–Trinajstić information content (AvgIpc) is 3.45. The van der Waals surface area contributed by atoms with Crippen molar-refractivity contribution in [2.75, 3.05) is 14.2 Å². The summed E-state index contributed by atoms with van der Waals surface area (Å²) in [4.78, 5) is 70.0. The molecule has 4 saturated heterocycles. The number of carboxylic acids is 2. The molecule has 0 bridgehead atoms. The predicted molar refractivity (Wildman–Crippen MR) is 198 cm³/mol. The van der Waals surface area contributed by atoms with E-state index in [4.69, 9.17) is 10.8 Å². The second-order valence-corrected chi connectivity index (χ2v) is 10.1. The molecular weight excluding hydrogens is 732 g/mol. The summed E-state index contributed by atoms with van der Waals surface area (Å²) < 4.78 is 8.37. The number of hydrogen-bond acceptors (Lipinski definition) is 9. The maximum absolute atomic E-state index is 12.4. The second kappa shape index (κ2) is 26.0. The smallest absolute Gasteiger partial charge is 0.407 e. The first-order valence-corrected chi connectivity index (χ1v) is 13.2. The lowest BCUT2D eigenvalue weighted by molar-refractivity contribution is -0.150. The van der Waals surface area contributed by atoms with Crippen LogP contribution in [0.25, 0.3) is 0 Å². The molecule has 4 heterocycles. The molecule has 0 saturated carbocycles. The number of aliphatic carboxylic acids is 2. The molecule has 4 rings (SSSR count). The number of rotatable bonds is 3. The summed E-state index contributed by atoms with van der Waals surface area (Å²) in [7, 11) is 2.45. The minimum absolute atomic E-state index is 0. The van der Waals surface area contributed by atoms with Crippen LogP contribution in [0.2, 0.25) is 0 Å². The van der Waals surface area contributed by atoms with Crippen molar-refractivity contribution in [2.45, 2.75) is 100 Å². The summed E-state index contributed by atoms with van der Waals surface area (Å²) in [6.07, 6.45) is 6.48. The van der Waals surface area contributed by atoms with E-state index in [0.29, 0.717) is 32.1 Å². The Hall–Kier alpha value is -1.03. The molecule has 4 aliphatic rings. The zero-order valence-electron chi connectivity index (χ0n) is 25.0. The van der Waals surface area contributed by atoms with Gasteiger partial charge in [0.1, 0.15) is 18.1 Å². The number of nitrogens with two attached hydrogens (primary N) is 1. The summed E-state index contributed by atoms with van der Waals surface area (Å²) in [6, 6.07) is -2.51. The molecule has 0 spiro atoms. The fraction of sp³-hybridized carbons (Fsp3) is 0.750. The lowest BCUT2D eigenvalue weighted by Crippen LogP contribution is -2.52. The lowest BCUT2D eigenvalue weighted by atomic mass is 10.1. The summed E-state index contributed by atoms with van der Waals surface area (Å²) in [6.45, 7) is 0. The molecule has 3 amide bonds. The van der Waals surface area contributed by atoms with E-state index in [1.807, 2.05) is 0 Å². The quantitative estimate of drug-likeness (QED) is 0.305. The van der Waals surface area contributed by atoms with Gasteiger partial charge in [0.2, 0.25) is 11.8 Å². The molecule has 0 radical (unpaired) electrons. The first kappa shape index (κ1) is 53.5. The Balaban J connectivity index is -0.000000187. The zero-order valence-corrected chi connectivity index (χ0v) is 31.8. The number of nitrogens with one attached hydrogen (secondary N) is 1. The molecule has 0 aliphatic carbocycles. The first-order valence-electron chi connectivity index (χ1n) is 12.9. The van der Waals surface area contributed by atoms with Crippen molar-refractivity contribution in [1.29, 1.82) is 0 Å². The van der Waals surface area contributed by atoms with Crippen LogP contribution >= 0.6 is 92.6 Å². The van der Waals surface area contributed by atoms with Crippen LogP contribution in [0.4, 0.5) is 9.59 Å². The summed E-state index contributed by atoms with van der Waals surface area (Å²) in [5, 5.41) is 20.7. The topological polar surface area (TPSA) is 206 Å². The Morgan fingerprint density at radius 2 is 1.11 bits per heavy atom. The van der Waals surface area contributed by atoms with Crippen molar-refractivity contribution in [2.24, 2.45) is 5.73 Å². The molecule has 4 aliphatic heterocycles. The third-order valence-corrected chi connectivity index (χ3v) is 7.57. The number of nitrogens with zero attached hydrogens (tertiary/aromatic N) is 2. The molecule has 0 aromatic carbocycles. The normalized spacial score (nSPS) is 25.7. The average molecular weight is 782 g/mol. The van der Waals surface area contributed by atoms with Crippen LogP contribution in [0.15, 0.2) is 0 Å². The van der Waals surface area contributed by atoms with Gasteiger partial charge in [0.25, 0.3) is 0 Å². The van der Waals surface area contributed by atoms with Crippen molar-refractivity contribution in [3.05, 3.63) is 0 Å². The molecule has 0 aromatic rings. The number of methoxy groups -OCH3 is 2. The number of carboxylic acid groups (broad SMARTS) is 2. The number of alkyl carbamates (subject to hydrolysis) is 1. The van der Waals surface area contributed by atoms with E-state index in [9.17, 15) is 33.9 Å². The maximum Gasteiger partial charge on any atom is 0.407 e. The fourth-order valence-electron chi connectivity index (χ4n) is 5.57. The van der Waals surface area contributed by atoms with E-state index in [1.54, 1.807) is 0 Å². The molecular formula is C24H49ClN4O10S6. The van der Waals surface area contributed by atoms with E-state index in [2.05, 4.69) is 26.4 Å². The van der Waals surface area contributed by atoms with Crippen LogP contribution in [-0.4, -0.2) is 106 Å². The van der Waals surface area contributed by atoms with E-state index in [-0.39, 0.29) is 105 Å². The monoisotopic (exact) mass is 780 g/mol. The highest BCUT2D eigenvalue weighted by Gasteiger charge is 2.45. The van der Waals surface area contributed by atoms with Crippen LogP contribution in [0, 0.1) is 0 Å². The third-order valence-electron chi connectivity index (χ3n) is 7.42. The molecule has 6 atom stereocenters. The molecule has 45 heavy (non-hydrogen) atoms. The fourth-order valence-corrected chi connectivity index (χ4v) is 5.57. The van der Waals surface area contributed by atoms with Crippen LogP contribution in [0.1, 0.15) is 64.2 Å². The molecule has 21 heteroatoms. The Bertz CT molecular complexity index is 960. The number of carbonyl (C=O) groups is 6. The SMILES string of the molecule is COC(=O)Cl.COC(=O)N[C@H]1CCC[C@H]2CC[C@@H](C(=O)O)N2C1=O.N[C@H]1CCC[C@H]2CC[C@@H](C(=O)O)N2C1=O.S.S.S.S.S.S. The van der Waals surface area contributed by atoms with Gasteiger partial charge >= 0.3 is 23.5 Å². The molecule has 5 N–H and O–H groups in total. The van der Waals surface area contributed by atoms with Gasteiger partial charge in [-0.3, -0.25) is 9.59 Å². The highest BCUT2D eigenvalue weighted by atomic mass is 35.5. The highest BCUT2D eigenvalue weighted by Crippen LogP contribution is 2.32. The van der Waals surface area contributed by atoms with Gasteiger partial charge < -0.3 is 40.5 Å². The number of halogens is 1. The first-order chi connectivity index (χ1) is 18.4. The van der Waals surface area contributed by atoms with Gasteiger partial charge in [-0.05, 0) is 64.2 Å². The Morgan fingerprint density at radius 3 is 1.49 bits per heavy atom. The Labute approximate surface area is 310 Å². The highest BCUT2D eigenvalue weighted by molar-refractivity contribution is 7.60. The van der Waals surface area contributed by atoms with Crippen molar-refractivity contribution < 1.29 is 48.5 Å². The minimum Gasteiger partial charge on any atom is -0.480 e. The Morgan fingerprint density at radius 1 is 0.711 bits per heavy atom. The van der Waals surface area contributed by atoms with E-state index in [0.717, 1.165) is 32.1 Å². The minimum atomic E-state index is -0.977. The number of amides is 3. The van der Waals surface area contributed by atoms with Gasteiger partial charge in [0.05, 0.1) is 20.3 Å². The zero-order chi connectivity index (χ0) is 29.3. The third kappa shape index (κ3) is 15.2. The number of fused-ring (bicyclic) bond motifs is 2. The van der Waals surface area contributed by atoms with Gasteiger partial charge in [-0.25, -0.2) is 19.2 Å². The molecule has 4 fully saturated rings. The number of ether oxygens (including phenoxy) is 2. The van der Waals surface area contributed by atoms with Gasteiger partial charge in [-0.2, -0.15) is 81.0 Å². The van der Waals surface area contributed by atoms with Gasteiger partial charge in [-0.15, -0.1) is 0 Å². The standard InChI is InChI=1S/C12H18N2O5.C10H16N2O3.C2H3ClO2.6H2S/c1-19-12(18)13-8-4-2-3-7-5-6-9(11(16)17)14(7)10(8)15;11-7-3-1-2-6-4-5-8(10(14)15)12(6)9(7)13;1-5-2(3)4;;;;;;/h7-9H,2-6H2,1H3,(H,13,18)(H,16,17);6-8H,1-5,11H2,(H,14,15);1H3;6*1H2/t7-,8-,9-;6-,7-,8-;;;;;;;/m00......./s1.